The van der Waals surface area contributed by atoms with E-state index in [1.807, 2.05) is 0 Å². The van der Waals surface area contributed by atoms with Gasteiger partial charge in [-0.05, 0) is 24.7 Å². The van der Waals surface area contributed by atoms with Crippen molar-refractivity contribution in [1.29, 1.82) is 0 Å². The Bertz CT molecular complexity index is 72.8. The van der Waals surface area contributed by atoms with Crippen LogP contribution in [0.25, 0.3) is 0 Å². The molecular formula is C9H19P. The van der Waals surface area contributed by atoms with Crippen molar-refractivity contribution in [3.8, 4) is 0 Å². The lowest BCUT2D eigenvalue weighted by Crippen LogP contribution is -1.97. The van der Waals surface area contributed by atoms with E-state index in [-0.39, 0.29) is 0 Å². The highest BCUT2D eigenvalue weighted by atomic mass is 31.1. The maximum Gasteiger partial charge on any atom is -0.0237 e. The summed E-state index contributed by atoms with van der Waals surface area (Å²) in [5, 5.41) is 0. The van der Waals surface area contributed by atoms with Gasteiger partial charge < -0.3 is 0 Å². The third-order valence-corrected chi connectivity index (χ3v) is 3.91. The van der Waals surface area contributed by atoms with E-state index in [0.717, 1.165) is 5.66 Å². The molecule has 1 fully saturated rings. The zero-order valence-corrected chi connectivity index (χ0v) is 8.03. The fraction of sp³-hybridized carbons (Fsp3) is 1.00. The van der Waals surface area contributed by atoms with Crippen LogP contribution in [0.3, 0.4) is 0 Å². The molecule has 0 heterocycles. The zero-order chi connectivity index (χ0) is 7.23. The van der Waals surface area contributed by atoms with Gasteiger partial charge in [0, 0.05) is 0 Å². The smallest absolute Gasteiger partial charge is 0.0237 e. The minimum absolute atomic E-state index is 1.12. The summed E-state index contributed by atoms with van der Waals surface area (Å²) >= 11 is 0. The molecule has 0 aliphatic heterocycles. The molecule has 1 unspecified atom stereocenters. The zero-order valence-electron chi connectivity index (χ0n) is 7.03. The van der Waals surface area contributed by atoms with Crippen LogP contribution in [-0.4, -0.2) is 11.8 Å². The molecule has 0 aromatic heterocycles. The molecule has 0 radical (unpaired) electrons. The van der Waals surface area contributed by atoms with E-state index < -0.39 is 0 Å². The van der Waals surface area contributed by atoms with Gasteiger partial charge in [-0.15, -0.1) is 8.58 Å². The van der Waals surface area contributed by atoms with E-state index in [9.17, 15) is 0 Å². The first-order chi connectivity index (χ1) is 4.93. The average molecular weight is 158 g/mol. The summed E-state index contributed by atoms with van der Waals surface area (Å²) in [6.07, 6.45) is 10.5. The molecule has 1 aliphatic carbocycles. The first kappa shape index (κ1) is 8.53. The lowest BCUT2D eigenvalue weighted by molar-refractivity contribution is 0.702. The quantitative estimate of drug-likeness (QED) is 0.426. The molecule has 0 nitrogen and oxygen atoms in total. The van der Waals surface area contributed by atoms with Gasteiger partial charge in [-0.3, -0.25) is 0 Å². The summed E-state index contributed by atoms with van der Waals surface area (Å²) in [6.45, 7) is 2.32. The maximum absolute atomic E-state index is 2.32. The molecule has 0 saturated heterocycles. The van der Waals surface area contributed by atoms with Crippen molar-refractivity contribution in [3.05, 3.63) is 0 Å². The third-order valence-electron chi connectivity index (χ3n) is 2.35. The standard InChI is InChI=1S/C9H19P/c1-2-10-9-7-5-3-4-6-8-9/h9-10H,2-8H2,1H3. The minimum Gasteiger partial charge on any atom is -0.119 e. The van der Waals surface area contributed by atoms with Gasteiger partial charge in [0.1, 0.15) is 0 Å². The van der Waals surface area contributed by atoms with Crippen LogP contribution in [0, 0.1) is 0 Å². The van der Waals surface area contributed by atoms with Crippen molar-refractivity contribution in [1.82, 2.24) is 0 Å². The highest BCUT2D eigenvalue weighted by molar-refractivity contribution is 7.38. The summed E-state index contributed by atoms with van der Waals surface area (Å²) in [6, 6.07) is 0. The second kappa shape index (κ2) is 5.13. The van der Waals surface area contributed by atoms with Crippen molar-refractivity contribution in [2.75, 3.05) is 6.16 Å². The fourth-order valence-corrected chi connectivity index (χ4v) is 3.17. The molecular weight excluding hydrogens is 139 g/mol. The van der Waals surface area contributed by atoms with E-state index in [1.165, 1.54) is 53.3 Å². The molecule has 1 saturated carbocycles. The third kappa shape index (κ3) is 3.01. The van der Waals surface area contributed by atoms with E-state index in [0.29, 0.717) is 0 Å². The summed E-state index contributed by atoms with van der Waals surface area (Å²) in [4.78, 5) is 0. The Morgan fingerprint density at radius 2 is 1.70 bits per heavy atom. The molecule has 1 heteroatoms. The second-order valence-corrected chi connectivity index (χ2v) is 5.18. The lowest BCUT2D eigenvalue weighted by atomic mass is 10.2. The average Bonchev–Trinajstić information content (AvgIpc) is 2.17. The Morgan fingerprint density at radius 1 is 1.10 bits per heavy atom. The van der Waals surface area contributed by atoms with E-state index in [2.05, 4.69) is 6.92 Å². The molecule has 10 heavy (non-hydrogen) atoms. The predicted molar refractivity (Wildman–Crippen MR) is 50.3 cm³/mol. The van der Waals surface area contributed by atoms with Gasteiger partial charge >= 0.3 is 0 Å². The normalized spacial score (nSPS) is 23.7. The van der Waals surface area contributed by atoms with Crippen molar-refractivity contribution in [2.45, 2.75) is 51.1 Å². The van der Waals surface area contributed by atoms with Gasteiger partial charge in [-0.25, -0.2) is 0 Å². The van der Waals surface area contributed by atoms with E-state index in [1.54, 1.807) is 0 Å². The Hall–Kier alpha value is 0.430. The van der Waals surface area contributed by atoms with Gasteiger partial charge in [0.25, 0.3) is 0 Å². The fourth-order valence-electron chi connectivity index (χ4n) is 1.77. The van der Waals surface area contributed by atoms with Crippen molar-refractivity contribution in [2.24, 2.45) is 0 Å². The minimum atomic E-state index is 1.12. The molecule has 0 aromatic carbocycles. The summed E-state index contributed by atoms with van der Waals surface area (Å²) < 4.78 is 0. The summed E-state index contributed by atoms with van der Waals surface area (Å²) in [7, 11) is 1.26. The molecule has 1 rings (SSSR count). The first-order valence-corrected chi connectivity index (χ1v) is 5.95. The molecule has 1 aliphatic rings. The molecule has 60 valence electrons. The van der Waals surface area contributed by atoms with Crippen LogP contribution in [-0.2, 0) is 0 Å². The molecule has 0 amide bonds. The highest BCUT2D eigenvalue weighted by Crippen LogP contribution is 2.31. The number of rotatable bonds is 2. The largest absolute Gasteiger partial charge is 0.119 e. The van der Waals surface area contributed by atoms with Crippen LogP contribution in [0.4, 0.5) is 0 Å². The second-order valence-electron chi connectivity index (χ2n) is 3.25. The van der Waals surface area contributed by atoms with E-state index in [4.69, 9.17) is 0 Å². The van der Waals surface area contributed by atoms with E-state index >= 15 is 0 Å². The Balaban J connectivity index is 2.15. The van der Waals surface area contributed by atoms with Crippen LogP contribution in [0.15, 0.2) is 0 Å². The topological polar surface area (TPSA) is 0 Å². The molecule has 0 N–H and O–H groups in total. The Labute approximate surface area is 66.6 Å². The van der Waals surface area contributed by atoms with Crippen molar-refractivity contribution >= 4 is 8.58 Å². The molecule has 1 atom stereocenters. The van der Waals surface area contributed by atoms with Crippen molar-refractivity contribution in [3.63, 3.8) is 0 Å². The van der Waals surface area contributed by atoms with Crippen LogP contribution >= 0.6 is 8.58 Å². The first-order valence-electron chi connectivity index (χ1n) is 4.67. The van der Waals surface area contributed by atoms with Crippen molar-refractivity contribution < 1.29 is 0 Å². The number of hydrogen-bond donors (Lipinski definition) is 0. The van der Waals surface area contributed by atoms with Gasteiger partial charge in [-0.2, -0.15) is 0 Å². The Morgan fingerprint density at radius 3 is 2.20 bits per heavy atom. The van der Waals surface area contributed by atoms with Gasteiger partial charge in [-0.1, -0.05) is 32.6 Å². The highest BCUT2D eigenvalue weighted by Gasteiger charge is 2.09. The van der Waals surface area contributed by atoms with Gasteiger partial charge in [0.05, 0.1) is 0 Å². The monoisotopic (exact) mass is 158 g/mol. The lowest BCUT2D eigenvalue weighted by Gasteiger charge is -2.11. The van der Waals surface area contributed by atoms with Gasteiger partial charge in [0.15, 0.2) is 0 Å². The summed E-state index contributed by atoms with van der Waals surface area (Å²) in [5.74, 6) is 0. The predicted octanol–water partition coefficient (Wildman–Crippen LogP) is 3.41. The van der Waals surface area contributed by atoms with Crippen LogP contribution in [0.5, 0.6) is 0 Å². The molecule has 0 aromatic rings. The molecule has 0 spiro atoms. The summed E-state index contributed by atoms with van der Waals surface area (Å²) in [5.41, 5.74) is 1.12. The van der Waals surface area contributed by atoms with Crippen LogP contribution < -0.4 is 0 Å². The SMILES string of the molecule is CCPC1CCCCCC1. The van der Waals surface area contributed by atoms with Gasteiger partial charge in [0.2, 0.25) is 0 Å². The van der Waals surface area contributed by atoms with Crippen LogP contribution in [0.1, 0.15) is 45.4 Å². The Kier molecular flexibility index (Phi) is 4.37. The van der Waals surface area contributed by atoms with Crippen LogP contribution in [0.2, 0.25) is 0 Å². The molecule has 0 bridgehead atoms. The maximum atomic E-state index is 2.32. The number of hydrogen-bond acceptors (Lipinski definition) is 0.